The van der Waals surface area contributed by atoms with Crippen LogP contribution in [0, 0.1) is 11.8 Å². The number of aryl methyl sites for hydroxylation is 1. The van der Waals surface area contributed by atoms with Gasteiger partial charge >= 0.3 is 0 Å². The van der Waals surface area contributed by atoms with E-state index in [2.05, 4.69) is 43.1 Å². The summed E-state index contributed by atoms with van der Waals surface area (Å²) in [5, 5.41) is 0. The minimum Gasteiger partial charge on any atom is -0.493 e. The molecule has 0 spiro atoms. The Kier molecular flexibility index (Phi) is 12.5. The number of ether oxygens (including phenoxy) is 1. The molecular weight excluding hydrogens is 416 g/mol. The standard InChI is InChI=1S/C31H48N2O/c1-3-5-7-9-10-14-26-17-19-27(20-18-26)21-22-28-24-32-25-33-31(28)29-15-11-12-16-30(29)34-23-13-8-6-4-2/h11-12,15-16,24-27H,3-10,13-14,17-23H2,1-2H3. The second-order valence-corrected chi connectivity index (χ2v) is 10.4. The number of benzene rings is 1. The van der Waals surface area contributed by atoms with Crippen LogP contribution in [-0.2, 0) is 6.42 Å². The quantitative estimate of drug-likeness (QED) is 0.232. The van der Waals surface area contributed by atoms with Crippen molar-refractivity contribution in [3.63, 3.8) is 0 Å². The van der Waals surface area contributed by atoms with E-state index in [1.807, 2.05) is 6.20 Å². The molecule has 1 aliphatic carbocycles. The van der Waals surface area contributed by atoms with Gasteiger partial charge < -0.3 is 4.74 Å². The lowest BCUT2D eigenvalue weighted by Gasteiger charge is -2.28. The van der Waals surface area contributed by atoms with E-state index in [1.54, 1.807) is 6.33 Å². The van der Waals surface area contributed by atoms with Crippen molar-refractivity contribution in [3.8, 4) is 17.0 Å². The van der Waals surface area contributed by atoms with Gasteiger partial charge in [0.25, 0.3) is 0 Å². The first kappa shape index (κ1) is 26.7. The Labute approximate surface area is 209 Å². The lowest BCUT2D eigenvalue weighted by molar-refractivity contribution is 0.248. The minimum absolute atomic E-state index is 0.777. The molecule has 2 aromatic rings. The first-order valence-electron chi connectivity index (χ1n) is 14.3. The van der Waals surface area contributed by atoms with Gasteiger partial charge in [-0.05, 0) is 48.8 Å². The molecule has 34 heavy (non-hydrogen) atoms. The molecule has 0 bridgehead atoms. The van der Waals surface area contributed by atoms with Crippen LogP contribution in [0.3, 0.4) is 0 Å². The molecule has 0 unspecified atom stereocenters. The number of unbranched alkanes of at least 4 members (excludes halogenated alkanes) is 7. The summed E-state index contributed by atoms with van der Waals surface area (Å²) in [6, 6.07) is 8.40. The van der Waals surface area contributed by atoms with E-state index in [9.17, 15) is 0 Å². The fourth-order valence-electron chi connectivity index (χ4n) is 5.49. The Bertz CT molecular complexity index is 798. The molecule has 3 nitrogen and oxygen atoms in total. The van der Waals surface area contributed by atoms with Gasteiger partial charge in [0.1, 0.15) is 12.1 Å². The van der Waals surface area contributed by atoms with Crippen molar-refractivity contribution in [1.29, 1.82) is 0 Å². The van der Waals surface area contributed by atoms with Gasteiger partial charge in [-0.2, -0.15) is 0 Å². The highest BCUT2D eigenvalue weighted by Crippen LogP contribution is 2.36. The molecule has 0 radical (unpaired) electrons. The molecule has 0 amide bonds. The highest BCUT2D eigenvalue weighted by molar-refractivity contribution is 5.69. The Hall–Kier alpha value is -1.90. The Balaban J connectivity index is 1.49. The van der Waals surface area contributed by atoms with Gasteiger partial charge in [0.05, 0.1) is 12.3 Å². The normalized spacial score (nSPS) is 18.2. The van der Waals surface area contributed by atoms with Crippen molar-refractivity contribution in [3.05, 3.63) is 42.4 Å². The Morgan fingerprint density at radius 1 is 0.794 bits per heavy atom. The van der Waals surface area contributed by atoms with Gasteiger partial charge in [0, 0.05) is 11.8 Å². The summed E-state index contributed by atoms with van der Waals surface area (Å²) < 4.78 is 6.19. The van der Waals surface area contributed by atoms with Crippen molar-refractivity contribution in [2.45, 2.75) is 117 Å². The zero-order valence-electron chi connectivity index (χ0n) is 21.9. The highest BCUT2D eigenvalue weighted by atomic mass is 16.5. The second-order valence-electron chi connectivity index (χ2n) is 10.4. The summed E-state index contributed by atoms with van der Waals surface area (Å²) in [6.07, 6.45) is 25.1. The zero-order chi connectivity index (χ0) is 23.8. The molecule has 0 atom stereocenters. The SMILES string of the molecule is CCCCCCCC1CCC(CCc2cncnc2-c2ccccc2OCCCCCC)CC1. The molecule has 0 aliphatic heterocycles. The van der Waals surface area contributed by atoms with Gasteiger partial charge in [-0.25, -0.2) is 9.97 Å². The van der Waals surface area contributed by atoms with Crippen LogP contribution >= 0.6 is 0 Å². The van der Waals surface area contributed by atoms with E-state index in [4.69, 9.17) is 9.72 Å². The third-order valence-electron chi connectivity index (χ3n) is 7.69. The van der Waals surface area contributed by atoms with Crippen LogP contribution in [0.5, 0.6) is 5.75 Å². The third kappa shape index (κ3) is 9.04. The van der Waals surface area contributed by atoms with E-state index in [0.29, 0.717) is 0 Å². The van der Waals surface area contributed by atoms with Gasteiger partial charge in [-0.3, -0.25) is 0 Å². The number of nitrogens with zero attached hydrogens (tertiary/aromatic N) is 2. The first-order valence-corrected chi connectivity index (χ1v) is 14.3. The average Bonchev–Trinajstić information content (AvgIpc) is 2.88. The van der Waals surface area contributed by atoms with Crippen LogP contribution in [0.15, 0.2) is 36.8 Å². The van der Waals surface area contributed by atoms with Gasteiger partial charge in [-0.1, -0.05) is 109 Å². The van der Waals surface area contributed by atoms with Crippen molar-refractivity contribution in [2.24, 2.45) is 11.8 Å². The molecule has 1 aliphatic rings. The summed E-state index contributed by atoms with van der Waals surface area (Å²) in [5.41, 5.74) is 3.43. The summed E-state index contributed by atoms with van der Waals surface area (Å²) in [4.78, 5) is 9.08. The van der Waals surface area contributed by atoms with Crippen LogP contribution in [0.25, 0.3) is 11.3 Å². The molecule has 188 valence electrons. The van der Waals surface area contributed by atoms with Crippen molar-refractivity contribution < 1.29 is 4.74 Å². The molecule has 3 rings (SSSR count). The number of para-hydroxylation sites is 1. The molecule has 0 N–H and O–H groups in total. The predicted octanol–water partition coefficient (Wildman–Crippen LogP) is 9.20. The summed E-state index contributed by atoms with van der Waals surface area (Å²) in [6.45, 7) is 5.32. The van der Waals surface area contributed by atoms with E-state index in [1.165, 1.54) is 95.5 Å². The Morgan fingerprint density at radius 3 is 2.24 bits per heavy atom. The predicted molar refractivity (Wildman–Crippen MR) is 144 cm³/mol. The molecule has 1 aromatic heterocycles. The van der Waals surface area contributed by atoms with Crippen LogP contribution in [0.2, 0.25) is 0 Å². The van der Waals surface area contributed by atoms with Gasteiger partial charge in [0.15, 0.2) is 0 Å². The van der Waals surface area contributed by atoms with Crippen LogP contribution in [0.1, 0.15) is 116 Å². The molecule has 0 saturated heterocycles. The second kappa shape index (κ2) is 15.9. The minimum atomic E-state index is 0.777. The number of rotatable bonds is 16. The van der Waals surface area contributed by atoms with E-state index < -0.39 is 0 Å². The van der Waals surface area contributed by atoms with Crippen molar-refractivity contribution in [1.82, 2.24) is 9.97 Å². The van der Waals surface area contributed by atoms with Crippen LogP contribution < -0.4 is 4.74 Å². The maximum Gasteiger partial charge on any atom is 0.128 e. The first-order chi connectivity index (χ1) is 16.8. The molecule has 1 saturated carbocycles. The largest absolute Gasteiger partial charge is 0.493 e. The van der Waals surface area contributed by atoms with Crippen molar-refractivity contribution >= 4 is 0 Å². The molecule has 1 heterocycles. The monoisotopic (exact) mass is 464 g/mol. The third-order valence-corrected chi connectivity index (χ3v) is 7.69. The fourth-order valence-corrected chi connectivity index (χ4v) is 5.49. The number of hydrogen-bond donors (Lipinski definition) is 0. The maximum absolute atomic E-state index is 6.19. The van der Waals surface area contributed by atoms with E-state index in [-0.39, 0.29) is 0 Å². The number of aromatic nitrogens is 2. The fraction of sp³-hybridized carbons (Fsp3) is 0.677. The summed E-state index contributed by atoms with van der Waals surface area (Å²) in [5.74, 6) is 2.79. The smallest absolute Gasteiger partial charge is 0.128 e. The average molecular weight is 465 g/mol. The van der Waals surface area contributed by atoms with Crippen molar-refractivity contribution in [2.75, 3.05) is 6.61 Å². The van der Waals surface area contributed by atoms with E-state index >= 15 is 0 Å². The van der Waals surface area contributed by atoms with Crippen LogP contribution in [-0.4, -0.2) is 16.6 Å². The topological polar surface area (TPSA) is 35.0 Å². The molecule has 1 fully saturated rings. The summed E-state index contributed by atoms with van der Waals surface area (Å²) in [7, 11) is 0. The van der Waals surface area contributed by atoms with Crippen LogP contribution in [0.4, 0.5) is 0 Å². The molecular formula is C31H48N2O. The Morgan fingerprint density at radius 2 is 1.47 bits per heavy atom. The van der Waals surface area contributed by atoms with E-state index in [0.717, 1.165) is 48.3 Å². The molecule has 3 heteroatoms. The lowest BCUT2D eigenvalue weighted by Crippen LogP contribution is -2.15. The lowest BCUT2D eigenvalue weighted by atomic mass is 9.77. The van der Waals surface area contributed by atoms with Gasteiger partial charge in [0.2, 0.25) is 0 Å². The highest BCUT2D eigenvalue weighted by Gasteiger charge is 2.21. The summed E-state index contributed by atoms with van der Waals surface area (Å²) >= 11 is 0. The number of hydrogen-bond acceptors (Lipinski definition) is 3. The maximum atomic E-state index is 6.19. The zero-order valence-corrected chi connectivity index (χ0v) is 21.9. The van der Waals surface area contributed by atoms with Gasteiger partial charge in [-0.15, -0.1) is 0 Å². The molecule has 1 aromatic carbocycles.